The molecule has 1 atom stereocenters. The number of hydrogen-bond acceptors (Lipinski definition) is 0. The van der Waals surface area contributed by atoms with Gasteiger partial charge in [0.2, 0.25) is 0 Å². The second-order valence-corrected chi connectivity index (χ2v) is 5.94. The zero-order chi connectivity index (χ0) is 12.7. The zero-order valence-corrected chi connectivity index (χ0v) is 13.9. The molecule has 0 heterocycles. The quantitative estimate of drug-likeness (QED) is 0.656. The maximum Gasteiger partial charge on any atom is 0.0884 e. The summed E-state index contributed by atoms with van der Waals surface area (Å²) >= 11 is 0. The van der Waals surface area contributed by atoms with Crippen molar-refractivity contribution in [3.63, 3.8) is 0 Å². The molecule has 0 fully saturated rings. The van der Waals surface area contributed by atoms with Crippen molar-refractivity contribution in [1.29, 1.82) is 0 Å². The minimum atomic E-state index is 0. The number of rotatable bonds is 7. The first-order valence-electron chi connectivity index (χ1n) is 6.89. The van der Waals surface area contributed by atoms with Gasteiger partial charge in [-0.15, -0.1) is 0 Å². The molecule has 1 aromatic rings. The van der Waals surface area contributed by atoms with Crippen LogP contribution in [-0.2, 0) is 6.42 Å². The maximum absolute atomic E-state index is 2.32. The van der Waals surface area contributed by atoms with Gasteiger partial charge in [-0.2, -0.15) is 0 Å². The average Bonchev–Trinajstić information content (AvgIpc) is 2.28. The van der Waals surface area contributed by atoms with E-state index in [1.807, 2.05) is 0 Å². The molecule has 18 heavy (non-hydrogen) atoms. The van der Waals surface area contributed by atoms with Crippen molar-refractivity contribution < 1.29 is 21.5 Å². The van der Waals surface area contributed by atoms with Crippen LogP contribution in [0.15, 0.2) is 30.3 Å². The van der Waals surface area contributed by atoms with Gasteiger partial charge in [0.05, 0.1) is 27.2 Å². The Labute approximate surface area is 124 Å². The van der Waals surface area contributed by atoms with Gasteiger partial charge in [-0.25, -0.2) is 0 Å². The Kier molecular flexibility index (Phi) is 8.54. The van der Waals surface area contributed by atoms with E-state index in [2.05, 4.69) is 58.4 Å². The zero-order valence-electron chi connectivity index (χ0n) is 12.3. The molecule has 0 N–H and O–H groups in total. The van der Waals surface area contributed by atoms with Gasteiger partial charge in [0, 0.05) is 0 Å². The van der Waals surface area contributed by atoms with Crippen LogP contribution in [0, 0.1) is 0 Å². The Morgan fingerprint density at radius 2 is 1.61 bits per heavy atom. The van der Waals surface area contributed by atoms with Gasteiger partial charge < -0.3 is 21.5 Å². The second-order valence-electron chi connectivity index (χ2n) is 5.94. The number of quaternary nitrogens is 1. The van der Waals surface area contributed by atoms with Crippen LogP contribution in [0.3, 0.4) is 0 Å². The van der Waals surface area contributed by atoms with Gasteiger partial charge >= 0.3 is 0 Å². The van der Waals surface area contributed by atoms with Gasteiger partial charge in [-0.05, 0) is 31.2 Å². The molecular formula is C16H28BrN. The van der Waals surface area contributed by atoms with Crippen molar-refractivity contribution in [3.05, 3.63) is 35.9 Å². The summed E-state index contributed by atoms with van der Waals surface area (Å²) < 4.78 is 1.10. The molecule has 1 aromatic carbocycles. The topological polar surface area (TPSA) is 0 Å². The highest BCUT2D eigenvalue weighted by atomic mass is 79.9. The second kappa shape index (κ2) is 8.71. The van der Waals surface area contributed by atoms with Crippen LogP contribution in [0.2, 0.25) is 0 Å². The van der Waals surface area contributed by atoms with Crippen molar-refractivity contribution in [3.8, 4) is 0 Å². The summed E-state index contributed by atoms with van der Waals surface area (Å²) in [6.07, 6.45) is 6.52. The number of hydrogen-bond donors (Lipinski definition) is 0. The Morgan fingerprint density at radius 1 is 1.00 bits per heavy atom. The standard InChI is InChI=1S/C16H28N.BrH/c1-5-10-16(17(2,3)4)14-9-13-15-11-7-6-8-12-15;/h6-8,11-12,16H,5,9-10,13-14H2,1-4H3;1H/q+1;/p-1. The Hall–Kier alpha value is -0.340. The summed E-state index contributed by atoms with van der Waals surface area (Å²) in [6, 6.07) is 11.7. The fraction of sp³-hybridized carbons (Fsp3) is 0.625. The molecule has 0 aliphatic heterocycles. The molecule has 0 radical (unpaired) electrons. The van der Waals surface area contributed by atoms with Gasteiger partial charge in [0.15, 0.2) is 0 Å². The molecule has 0 saturated carbocycles. The predicted molar refractivity (Wildman–Crippen MR) is 76.1 cm³/mol. The first kappa shape index (κ1) is 17.7. The van der Waals surface area contributed by atoms with E-state index in [0.29, 0.717) is 0 Å². The van der Waals surface area contributed by atoms with Crippen molar-refractivity contribution in [1.82, 2.24) is 0 Å². The van der Waals surface area contributed by atoms with E-state index < -0.39 is 0 Å². The molecule has 0 aliphatic rings. The lowest BCUT2D eigenvalue weighted by molar-refractivity contribution is -0.896. The molecule has 0 aliphatic carbocycles. The molecule has 0 aromatic heterocycles. The van der Waals surface area contributed by atoms with Crippen LogP contribution in [0.5, 0.6) is 0 Å². The first-order valence-corrected chi connectivity index (χ1v) is 6.89. The first-order chi connectivity index (χ1) is 8.04. The molecule has 0 spiro atoms. The van der Waals surface area contributed by atoms with Crippen molar-refractivity contribution in [2.24, 2.45) is 0 Å². The fourth-order valence-electron chi connectivity index (χ4n) is 2.44. The van der Waals surface area contributed by atoms with Crippen LogP contribution >= 0.6 is 0 Å². The van der Waals surface area contributed by atoms with Crippen molar-refractivity contribution >= 4 is 0 Å². The van der Waals surface area contributed by atoms with Gasteiger partial charge in [0.25, 0.3) is 0 Å². The maximum atomic E-state index is 2.32. The molecule has 0 saturated heterocycles. The van der Waals surface area contributed by atoms with Gasteiger partial charge in [0.1, 0.15) is 0 Å². The molecule has 0 amide bonds. The molecule has 1 unspecified atom stereocenters. The summed E-state index contributed by atoms with van der Waals surface area (Å²) in [5.74, 6) is 0. The summed E-state index contributed by atoms with van der Waals surface area (Å²) in [5, 5.41) is 0. The Morgan fingerprint density at radius 3 is 2.11 bits per heavy atom. The van der Waals surface area contributed by atoms with E-state index in [1.54, 1.807) is 0 Å². The number of aryl methyl sites for hydroxylation is 1. The number of nitrogens with zero attached hydrogens (tertiary/aromatic N) is 1. The SMILES string of the molecule is CCCC(CCCc1ccccc1)[N+](C)(C)C.[Br-]. The van der Waals surface area contributed by atoms with Gasteiger partial charge in [-0.1, -0.05) is 43.7 Å². The minimum absolute atomic E-state index is 0. The molecular weight excluding hydrogens is 286 g/mol. The third kappa shape index (κ3) is 6.55. The lowest BCUT2D eigenvalue weighted by atomic mass is 10.00. The highest BCUT2D eigenvalue weighted by Crippen LogP contribution is 2.17. The van der Waals surface area contributed by atoms with E-state index in [1.165, 1.54) is 37.7 Å². The molecule has 1 nitrogen and oxygen atoms in total. The largest absolute Gasteiger partial charge is 1.00 e. The Bertz CT molecular complexity index is 303. The molecule has 104 valence electrons. The summed E-state index contributed by atoms with van der Waals surface area (Å²) in [6.45, 7) is 2.29. The van der Waals surface area contributed by atoms with E-state index >= 15 is 0 Å². The number of halogens is 1. The average molecular weight is 314 g/mol. The third-order valence-corrected chi connectivity index (χ3v) is 3.56. The fourth-order valence-corrected chi connectivity index (χ4v) is 2.44. The number of benzene rings is 1. The Balaban J connectivity index is 0.00000289. The van der Waals surface area contributed by atoms with E-state index in [-0.39, 0.29) is 17.0 Å². The van der Waals surface area contributed by atoms with Crippen LogP contribution in [-0.4, -0.2) is 31.7 Å². The molecule has 2 heteroatoms. The van der Waals surface area contributed by atoms with Gasteiger partial charge in [-0.3, -0.25) is 0 Å². The van der Waals surface area contributed by atoms with Crippen molar-refractivity contribution in [2.75, 3.05) is 21.1 Å². The van der Waals surface area contributed by atoms with Crippen LogP contribution in [0.4, 0.5) is 0 Å². The van der Waals surface area contributed by atoms with E-state index in [9.17, 15) is 0 Å². The molecule has 1 rings (SSSR count). The predicted octanol–water partition coefficient (Wildman–Crippen LogP) is 0.888. The summed E-state index contributed by atoms with van der Waals surface area (Å²) in [5.41, 5.74) is 1.48. The van der Waals surface area contributed by atoms with Crippen LogP contribution in [0.1, 0.15) is 38.2 Å². The molecule has 0 bridgehead atoms. The minimum Gasteiger partial charge on any atom is -1.00 e. The highest BCUT2D eigenvalue weighted by Gasteiger charge is 2.21. The summed E-state index contributed by atoms with van der Waals surface area (Å²) in [7, 11) is 6.97. The van der Waals surface area contributed by atoms with E-state index in [0.717, 1.165) is 10.5 Å². The smallest absolute Gasteiger partial charge is 0.0884 e. The van der Waals surface area contributed by atoms with Crippen LogP contribution in [0.25, 0.3) is 0 Å². The lowest BCUT2D eigenvalue weighted by Gasteiger charge is -2.34. The van der Waals surface area contributed by atoms with Crippen LogP contribution < -0.4 is 17.0 Å². The van der Waals surface area contributed by atoms with E-state index in [4.69, 9.17) is 0 Å². The monoisotopic (exact) mass is 313 g/mol. The van der Waals surface area contributed by atoms with Crippen molar-refractivity contribution in [2.45, 2.75) is 45.1 Å². The summed E-state index contributed by atoms with van der Waals surface area (Å²) in [4.78, 5) is 0. The third-order valence-electron chi connectivity index (χ3n) is 3.56. The lowest BCUT2D eigenvalue weighted by Crippen LogP contribution is -3.00. The highest BCUT2D eigenvalue weighted by molar-refractivity contribution is 5.14. The normalized spacial score (nSPS) is 12.9.